The quantitative estimate of drug-likeness (QED) is 0.937. The third kappa shape index (κ3) is 2.55. The molecule has 3 rings (SSSR count). The maximum Gasteiger partial charge on any atom is 0.286 e. The van der Waals surface area contributed by atoms with Crippen LogP contribution in [0, 0.1) is 0 Å². The molecule has 0 bridgehead atoms. The molecule has 0 spiro atoms. The second kappa shape index (κ2) is 5.31. The molecule has 0 saturated heterocycles. The molecule has 0 aromatic heterocycles. The standard InChI is InChI=1S/C15H13NO4S/c17-10-9-11-5-1-3-7-13(11)20-15-12-6-2-4-8-14(12)21(18,19)16-15/h1-8,17H,9-10H2. The van der Waals surface area contributed by atoms with E-state index in [-0.39, 0.29) is 17.4 Å². The predicted molar refractivity (Wildman–Crippen MR) is 78.0 cm³/mol. The Morgan fingerprint density at radius 1 is 1.05 bits per heavy atom. The van der Waals surface area contributed by atoms with Crippen LogP contribution in [0.3, 0.4) is 0 Å². The van der Waals surface area contributed by atoms with E-state index in [2.05, 4.69) is 4.40 Å². The first-order valence-corrected chi connectivity index (χ1v) is 7.87. The SMILES string of the molecule is O=S1(=O)N=C(Oc2ccccc2CCO)c2ccccc21. The van der Waals surface area contributed by atoms with Crippen LogP contribution in [0.2, 0.25) is 0 Å². The van der Waals surface area contributed by atoms with E-state index in [0.29, 0.717) is 17.7 Å². The van der Waals surface area contributed by atoms with Crippen molar-refractivity contribution in [2.45, 2.75) is 11.3 Å². The molecular weight excluding hydrogens is 290 g/mol. The van der Waals surface area contributed by atoms with Gasteiger partial charge in [-0.1, -0.05) is 30.3 Å². The first kappa shape index (κ1) is 13.8. The topological polar surface area (TPSA) is 76.0 Å². The lowest BCUT2D eigenvalue weighted by molar-refractivity contribution is 0.298. The first-order valence-electron chi connectivity index (χ1n) is 6.43. The fraction of sp³-hybridized carbons (Fsp3) is 0.133. The Kier molecular flexibility index (Phi) is 3.48. The van der Waals surface area contributed by atoms with E-state index in [1.165, 1.54) is 6.07 Å². The van der Waals surface area contributed by atoms with Gasteiger partial charge in [-0.05, 0) is 30.2 Å². The van der Waals surface area contributed by atoms with Crippen LogP contribution in [0.15, 0.2) is 57.8 Å². The summed E-state index contributed by atoms with van der Waals surface area (Å²) in [6.45, 7) is -0.0122. The van der Waals surface area contributed by atoms with Gasteiger partial charge in [0, 0.05) is 6.61 Å². The van der Waals surface area contributed by atoms with Crippen molar-refractivity contribution in [2.75, 3.05) is 6.61 Å². The molecule has 0 saturated carbocycles. The second-order valence-electron chi connectivity index (χ2n) is 4.55. The number of sulfonamides is 1. The molecule has 6 heteroatoms. The number of hydrogen-bond donors (Lipinski definition) is 1. The van der Waals surface area contributed by atoms with E-state index >= 15 is 0 Å². The molecule has 0 unspecified atom stereocenters. The number of aliphatic hydroxyl groups is 1. The smallest absolute Gasteiger partial charge is 0.286 e. The Morgan fingerprint density at radius 2 is 1.76 bits per heavy atom. The van der Waals surface area contributed by atoms with Crippen LogP contribution in [0.4, 0.5) is 0 Å². The predicted octanol–water partition coefficient (Wildman–Crippen LogP) is 1.75. The largest absolute Gasteiger partial charge is 0.437 e. The number of benzene rings is 2. The highest BCUT2D eigenvalue weighted by molar-refractivity contribution is 7.90. The summed E-state index contributed by atoms with van der Waals surface area (Å²) in [4.78, 5) is 0.152. The van der Waals surface area contributed by atoms with Gasteiger partial charge in [-0.2, -0.15) is 8.42 Å². The minimum atomic E-state index is -3.69. The monoisotopic (exact) mass is 303 g/mol. The average Bonchev–Trinajstić information content (AvgIpc) is 2.73. The second-order valence-corrected chi connectivity index (χ2v) is 6.12. The maximum atomic E-state index is 12.0. The van der Waals surface area contributed by atoms with Crippen molar-refractivity contribution in [3.8, 4) is 5.75 Å². The number of rotatable bonds is 3. The Morgan fingerprint density at radius 3 is 2.57 bits per heavy atom. The highest BCUT2D eigenvalue weighted by Gasteiger charge is 2.30. The summed E-state index contributed by atoms with van der Waals surface area (Å²) in [5.41, 5.74) is 1.25. The number of para-hydroxylation sites is 1. The fourth-order valence-electron chi connectivity index (χ4n) is 2.18. The normalized spacial score (nSPS) is 15.4. The summed E-state index contributed by atoms with van der Waals surface area (Å²) >= 11 is 0. The third-order valence-corrected chi connectivity index (χ3v) is 4.48. The molecule has 2 aromatic rings. The van der Waals surface area contributed by atoms with Crippen LogP contribution in [0.5, 0.6) is 5.75 Å². The van der Waals surface area contributed by atoms with Gasteiger partial charge < -0.3 is 9.84 Å². The minimum Gasteiger partial charge on any atom is -0.437 e. The number of aliphatic hydroxyl groups excluding tert-OH is 1. The van der Waals surface area contributed by atoms with Gasteiger partial charge >= 0.3 is 0 Å². The lowest BCUT2D eigenvalue weighted by Crippen LogP contribution is -2.09. The zero-order valence-electron chi connectivity index (χ0n) is 11.1. The van der Waals surface area contributed by atoms with Crippen LogP contribution in [0.1, 0.15) is 11.1 Å². The Balaban J connectivity index is 2.01. The van der Waals surface area contributed by atoms with Gasteiger partial charge in [-0.25, -0.2) is 0 Å². The van der Waals surface area contributed by atoms with E-state index < -0.39 is 10.0 Å². The van der Waals surface area contributed by atoms with Crippen LogP contribution in [0.25, 0.3) is 0 Å². The zero-order chi connectivity index (χ0) is 14.9. The molecule has 0 atom stereocenters. The lowest BCUT2D eigenvalue weighted by atomic mass is 10.1. The van der Waals surface area contributed by atoms with Gasteiger partial charge in [0.2, 0.25) is 5.90 Å². The van der Waals surface area contributed by atoms with Gasteiger partial charge in [0.25, 0.3) is 10.0 Å². The summed E-state index contributed by atoms with van der Waals surface area (Å²) in [6.07, 6.45) is 0.428. The van der Waals surface area contributed by atoms with Crippen LogP contribution >= 0.6 is 0 Å². The number of fused-ring (bicyclic) bond motifs is 1. The summed E-state index contributed by atoms with van der Waals surface area (Å²) < 4.78 is 33.3. The molecule has 2 aromatic carbocycles. The Labute approximate surface area is 122 Å². The lowest BCUT2D eigenvalue weighted by Gasteiger charge is -2.09. The Hall–Kier alpha value is -2.18. The van der Waals surface area contributed by atoms with E-state index in [1.54, 1.807) is 30.3 Å². The molecule has 0 radical (unpaired) electrons. The van der Waals surface area contributed by atoms with Gasteiger partial charge in [0.05, 0.1) is 5.56 Å². The van der Waals surface area contributed by atoms with Gasteiger partial charge in [-0.3, -0.25) is 0 Å². The summed E-state index contributed by atoms with van der Waals surface area (Å²) in [5, 5.41) is 9.06. The van der Waals surface area contributed by atoms with Gasteiger partial charge in [-0.15, -0.1) is 4.40 Å². The van der Waals surface area contributed by atoms with Crippen LogP contribution in [-0.2, 0) is 16.4 Å². The van der Waals surface area contributed by atoms with Crippen molar-refractivity contribution in [1.82, 2.24) is 0 Å². The minimum absolute atomic E-state index is 0.0122. The zero-order valence-corrected chi connectivity index (χ0v) is 11.9. The molecule has 5 nitrogen and oxygen atoms in total. The van der Waals surface area contributed by atoms with Crippen molar-refractivity contribution in [2.24, 2.45) is 4.40 Å². The molecule has 0 fully saturated rings. The molecule has 0 aliphatic carbocycles. The number of hydrogen-bond acceptors (Lipinski definition) is 4. The van der Waals surface area contributed by atoms with Gasteiger partial charge in [0.15, 0.2) is 0 Å². The third-order valence-electron chi connectivity index (χ3n) is 3.16. The van der Waals surface area contributed by atoms with E-state index in [9.17, 15) is 8.42 Å². The maximum absolute atomic E-state index is 12.0. The first-order chi connectivity index (χ1) is 10.1. The molecule has 1 N–H and O–H groups in total. The molecule has 1 heterocycles. The van der Waals surface area contributed by atoms with Crippen LogP contribution in [-0.4, -0.2) is 26.0 Å². The molecule has 0 amide bonds. The van der Waals surface area contributed by atoms with Crippen molar-refractivity contribution >= 4 is 15.9 Å². The fourth-order valence-corrected chi connectivity index (χ4v) is 3.32. The highest BCUT2D eigenvalue weighted by atomic mass is 32.2. The van der Waals surface area contributed by atoms with Crippen molar-refractivity contribution < 1.29 is 18.3 Å². The number of ether oxygens (including phenoxy) is 1. The van der Waals surface area contributed by atoms with Crippen molar-refractivity contribution in [3.05, 3.63) is 59.7 Å². The highest BCUT2D eigenvalue weighted by Crippen LogP contribution is 2.28. The summed E-state index contributed by atoms with van der Waals surface area (Å²) in [7, 11) is -3.69. The molecule has 21 heavy (non-hydrogen) atoms. The summed E-state index contributed by atoms with van der Waals surface area (Å²) in [6, 6.07) is 13.7. The molecule has 1 aliphatic rings. The van der Waals surface area contributed by atoms with E-state index in [4.69, 9.17) is 9.84 Å². The van der Waals surface area contributed by atoms with Gasteiger partial charge in [0.1, 0.15) is 10.6 Å². The van der Waals surface area contributed by atoms with Crippen molar-refractivity contribution in [1.29, 1.82) is 0 Å². The van der Waals surface area contributed by atoms with E-state index in [1.807, 2.05) is 12.1 Å². The molecule has 108 valence electrons. The Bertz CT molecular complexity index is 812. The van der Waals surface area contributed by atoms with Crippen LogP contribution < -0.4 is 4.74 Å². The summed E-state index contributed by atoms with van der Waals surface area (Å²) in [5.74, 6) is 0.563. The van der Waals surface area contributed by atoms with Crippen molar-refractivity contribution in [3.63, 3.8) is 0 Å². The average molecular weight is 303 g/mol. The number of nitrogens with zero attached hydrogens (tertiary/aromatic N) is 1. The van der Waals surface area contributed by atoms with E-state index in [0.717, 1.165) is 5.56 Å². The molecule has 1 aliphatic heterocycles. The molecular formula is C15H13NO4S.